The highest BCUT2D eigenvalue weighted by Crippen LogP contribution is 2.21. The zero-order valence-electron chi connectivity index (χ0n) is 30.8. The summed E-state index contributed by atoms with van der Waals surface area (Å²) in [6.07, 6.45) is -1.08. The Balaban J connectivity index is 1.75. The van der Waals surface area contributed by atoms with E-state index in [1.165, 1.54) is 15.9 Å². The minimum Gasteiger partial charge on any atom is -0.480 e. The van der Waals surface area contributed by atoms with Crippen LogP contribution in [0.15, 0.2) is 30.3 Å². The monoisotopic (exact) mass is 727 g/mol. The van der Waals surface area contributed by atoms with Crippen molar-refractivity contribution in [3.05, 3.63) is 41.6 Å². The third-order valence-electron chi connectivity index (χ3n) is 7.68. The van der Waals surface area contributed by atoms with Crippen LogP contribution >= 0.6 is 0 Å². The number of hydrogen-bond donors (Lipinski definition) is 3. The van der Waals surface area contributed by atoms with Crippen molar-refractivity contribution in [1.29, 1.82) is 0 Å². The minimum atomic E-state index is -1.43. The number of hydrogen-bond acceptors (Lipinski definition) is 11. The summed E-state index contributed by atoms with van der Waals surface area (Å²) >= 11 is 0. The summed E-state index contributed by atoms with van der Waals surface area (Å²) in [5, 5.41) is 15.2. The summed E-state index contributed by atoms with van der Waals surface area (Å²) in [4.78, 5) is 97.2. The first kappa shape index (κ1) is 41.1. The summed E-state index contributed by atoms with van der Waals surface area (Å²) < 4.78 is 15.8. The number of aliphatic carboxylic acids is 1. The van der Waals surface area contributed by atoms with Gasteiger partial charge in [-0.2, -0.15) is 0 Å². The predicted molar refractivity (Wildman–Crippen MR) is 187 cm³/mol. The van der Waals surface area contributed by atoms with E-state index in [-0.39, 0.29) is 75.4 Å². The third kappa shape index (κ3) is 12.2. The number of amides is 4. The molecule has 1 aliphatic heterocycles. The van der Waals surface area contributed by atoms with Crippen LogP contribution in [0.1, 0.15) is 88.6 Å². The van der Waals surface area contributed by atoms with Crippen molar-refractivity contribution in [3.8, 4) is 0 Å². The molecule has 16 nitrogen and oxygen atoms in total. The molecule has 2 atom stereocenters. The van der Waals surface area contributed by atoms with Crippen molar-refractivity contribution >= 4 is 52.6 Å². The normalized spacial score (nSPS) is 14.5. The average molecular weight is 728 g/mol. The van der Waals surface area contributed by atoms with Gasteiger partial charge in [0.15, 0.2) is 0 Å². The number of pyridine rings is 1. The highest BCUT2D eigenvalue weighted by atomic mass is 16.6. The second-order valence-electron chi connectivity index (χ2n) is 14.2. The van der Waals surface area contributed by atoms with E-state index in [0.29, 0.717) is 5.39 Å². The number of carboxylic acid groups (broad SMARTS) is 1. The van der Waals surface area contributed by atoms with Gasteiger partial charge in [-0.1, -0.05) is 18.2 Å². The smallest absolute Gasteiger partial charge is 0.409 e. The van der Waals surface area contributed by atoms with E-state index in [9.17, 15) is 38.7 Å². The summed E-state index contributed by atoms with van der Waals surface area (Å²) in [6, 6.07) is 6.28. The van der Waals surface area contributed by atoms with Gasteiger partial charge in [0.2, 0.25) is 5.91 Å². The molecule has 1 aliphatic rings. The first-order valence-electron chi connectivity index (χ1n) is 17.2. The number of aromatic nitrogens is 1. The Morgan fingerprint density at radius 3 is 2.08 bits per heavy atom. The lowest BCUT2D eigenvalue weighted by molar-refractivity contribution is -0.165. The van der Waals surface area contributed by atoms with E-state index in [2.05, 4.69) is 15.6 Å². The Morgan fingerprint density at radius 2 is 1.48 bits per heavy atom. The van der Waals surface area contributed by atoms with Crippen molar-refractivity contribution < 1.29 is 52.9 Å². The molecule has 0 aliphatic carbocycles. The number of rotatable bonds is 13. The van der Waals surface area contributed by atoms with Gasteiger partial charge in [0.05, 0.1) is 17.7 Å². The quantitative estimate of drug-likeness (QED) is 0.155. The molecule has 1 fully saturated rings. The van der Waals surface area contributed by atoms with Crippen LogP contribution in [-0.2, 0) is 33.4 Å². The number of carbonyl (C=O) groups is 7. The molecule has 2 aromatic rings. The maximum absolute atomic E-state index is 13.6. The largest absolute Gasteiger partial charge is 0.480 e. The van der Waals surface area contributed by atoms with Crippen molar-refractivity contribution in [3.63, 3.8) is 0 Å². The fraction of sp³-hybridized carbons (Fsp3) is 0.556. The average Bonchev–Trinajstić information content (AvgIpc) is 3.06. The van der Waals surface area contributed by atoms with E-state index in [1.807, 2.05) is 0 Å². The lowest BCUT2D eigenvalue weighted by Crippen LogP contribution is -2.53. The van der Waals surface area contributed by atoms with Crippen molar-refractivity contribution in [2.75, 3.05) is 39.3 Å². The summed E-state index contributed by atoms with van der Waals surface area (Å²) in [7, 11) is 0. The van der Waals surface area contributed by atoms with Crippen molar-refractivity contribution in [2.24, 2.45) is 5.92 Å². The Labute approximate surface area is 302 Å². The van der Waals surface area contributed by atoms with E-state index >= 15 is 0 Å². The molecule has 2 heterocycles. The number of carbonyl (C=O) groups excluding carboxylic acids is 6. The predicted octanol–water partition coefficient (Wildman–Crippen LogP) is 2.92. The van der Waals surface area contributed by atoms with Gasteiger partial charge in [0, 0.05) is 44.5 Å². The van der Waals surface area contributed by atoms with Gasteiger partial charge in [0.25, 0.3) is 11.8 Å². The van der Waals surface area contributed by atoms with Crippen LogP contribution < -0.4 is 10.6 Å². The fourth-order valence-corrected chi connectivity index (χ4v) is 5.31. The maximum atomic E-state index is 13.6. The van der Waals surface area contributed by atoms with Crippen LogP contribution in [0, 0.1) is 5.92 Å². The maximum Gasteiger partial charge on any atom is 0.409 e. The number of fused-ring (bicyclic) bond motifs is 1. The lowest BCUT2D eigenvalue weighted by atomic mass is 10.0. The van der Waals surface area contributed by atoms with Crippen molar-refractivity contribution in [1.82, 2.24) is 25.4 Å². The van der Waals surface area contributed by atoms with Crippen LogP contribution in [0.3, 0.4) is 0 Å². The Bertz CT molecular complexity index is 1660. The third-order valence-corrected chi connectivity index (χ3v) is 7.68. The molecular formula is C36H49N5O11. The van der Waals surface area contributed by atoms with Gasteiger partial charge < -0.3 is 39.8 Å². The molecule has 0 saturated carbocycles. The van der Waals surface area contributed by atoms with Crippen molar-refractivity contribution in [2.45, 2.75) is 85.0 Å². The van der Waals surface area contributed by atoms with Crippen LogP contribution in [0.5, 0.6) is 0 Å². The second kappa shape index (κ2) is 17.8. The van der Waals surface area contributed by atoms with Crippen LogP contribution in [-0.4, -0.2) is 118 Å². The van der Waals surface area contributed by atoms with Gasteiger partial charge in [-0.3, -0.25) is 24.0 Å². The summed E-state index contributed by atoms with van der Waals surface area (Å²) in [5.74, 6) is -6.01. The fourth-order valence-electron chi connectivity index (χ4n) is 5.31. The zero-order chi connectivity index (χ0) is 38.8. The molecule has 0 spiro atoms. The lowest BCUT2D eigenvalue weighted by Gasteiger charge is -2.35. The highest BCUT2D eigenvalue weighted by Gasteiger charge is 2.36. The Morgan fingerprint density at radius 1 is 0.865 bits per heavy atom. The summed E-state index contributed by atoms with van der Waals surface area (Å²) in [5.41, 5.74) is -1.56. The molecule has 284 valence electrons. The van der Waals surface area contributed by atoms with E-state index in [4.69, 9.17) is 14.2 Å². The number of piperazine rings is 1. The molecule has 1 saturated heterocycles. The number of benzene rings is 1. The first-order valence-corrected chi connectivity index (χ1v) is 17.2. The first-order chi connectivity index (χ1) is 24.3. The molecule has 3 N–H and O–H groups in total. The Kier molecular flexibility index (Phi) is 14.1. The number of ether oxygens (including phenoxy) is 3. The van der Waals surface area contributed by atoms with Gasteiger partial charge >= 0.3 is 24.0 Å². The van der Waals surface area contributed by atoms with Gasteiger partial charge in [-0.25, -0.2) is 14.6 Å². The van der Waals surface area contributed by atoms with E-state index in [1.54, 1.807) is 72.7 Å². The molecule has 0 bridgehead atoms. The second-order valence-corrected chi connectivity index (χ2v) is 14.2. The van der Waals surface area contributed by atoms with E-state index in [0.717, 1.165) is 0 Å². The zero-order valence-corrected chi connectivity index (χ0v) is 30.8. The number of nitrogens with one attached hydrogen (secondary N) is 2. The molecule has 3 rings (SSSR count). The molecule has 2 unspecified atom stereocenters. The molecule has 52 heavy (non-hydrogen) atoms. The molecule has 0 radical (unpaired) electrons. The topological polar surface area (TPSA) is 211 Å². The molecule has 4 amide bonds. The number of para-hydroxylation sites is 1. The molecular weight excluding hydrogens is 678 g/mol. The number of nitrogens with zero attached hydrogens (tertiary/aromatic N) is 3. The van der Waals surface area contributed by atoms with Gasteiger partial charge in [-0.05, 0) is 73.4 Å². The molecule has 1 aromatic heterocycles. The minimum absolute atomic E-state index is 0.0250. The summed E-state index contributed by atoms with van der Waals surface area (Å²) in [6.45, 7) is 12.6. The molecule has 16 heteroatoms. The van der Waals surface area contributed by atoms with Gasteiger partial charge in [-0.15, -0.1) is 0 Å². The Hall–Kier alpha value is -5.28. The highest BCUT2D eigenvalue weighted by molar-refractivity contribution is 6.09. The number of esters is 2. The van der Waals surface area contributed by atoms with Crippen LogP contribution in [0.2, 0.25) is 0 Å². The van der Waals surface area contributed by atoms with Crippen LogP contribution in [0.4, 0.5) is 4.79 Å². The van der Waals surface area contributed by atoms with Gasteiger partial charge in [0.1, 0.15) is 28.9 Å². The van der Waals surface area contributed by atoms with E-state index < -0.39 is 64.9 Å². The SMILES string of the molecule is CCOC(=O)N1CCN(C(=O)C(CCNC(=O)c2cc(C(=O)NC(CCC(=O)OC(C)(C)C)C(=O)O)c3ccccc3n2)C(=O)OC(C)(C)C)CC1. The number of carboxylic acids is 1. The standard InChI is InChI=1S/C36H49N5O11/c1-8-50-34(49)41-19-17-40(18-20-41)31(45)23(33(48)52-36(5,6)7)15-16-37-30(44)27-21-24(22-11-9-10-12-25(22)38-27)29(43)39-26(32(46)47)13-14-28(42)51-35(2,3)4/h9-12,21,23,26H,8,13-20H2,1-7H3,(H,37,44)(H,39,43)(H,46,47). The molecule has 1 aromatic carbocycles. The van der Waals surface area contributed by atoms with Crippen LogP contribution in [0.25, 0.3) is 10.9 Å².